The van der Waals surface area contributed by atoms with Gasteiger partial charge in [-0.2, -0.15) is 5.26 Å². The molecular formula is C26H26FN5O. The van der Waals surface area contributed by atoms with Crippen molar-refractivity contribution < 1.29 is 9.18 Å². The van der Waals surface area contributed by atoms with E-state index in [9.17, 15) is 14.4 Å². The highest BCUT2D eigenvalue weighted by atomic mass is 19.1. The molecule has 1 atom stereocenters. The minimum Gasteiger partial charge on any atom is -0.369 e. The number of halogens is 1. The van der Waals surface area contributed by atoms with E-state index in [4.69, 9.17) is 0 Å². The van der Waals surface area contributed by atoms with Gasteiger partial charge < -0.3 is 16.0 Å². The summed E-state index contributed by atoms with van der Waals surface area (Å²) in [5.74, 6) is -0.0422. The molecular weight excluding hydrogens is 417 g/mol. The topological polar surface area (TPSA) is 89.8 Å². The van der Waals surface area contributed by atoms with Gasteiger partial charge in [0.25, 0.3) is 5.91 Å². The zero-order chi connectivity index (χ0) is 23.0. The average molecular weight is 444 g/mol. The van der Waals surface area contributed by atoms with Crippen molar-refractivity contribution >= 4 is 11.7 Å². The molecule has 1 fully saturated rings. The molecule has 3 aromatic rings. The van der Waals surface area contributed by atoms with E-state index in [0.717, 1.165) is 24.9 Å². The maximum absolute atomic E-state index is 13.5. The van der Waals surface area contributed by atoms with Crippen LogP contribution in [0.5, 0.6) is 0 Å². The van der Waals surface area contributed by atoms with Crippen molar-refractivity contribution in [3.8, 4) is 17.3 Å². The molecule has 4 rings (SSSR count). The second-order valence-corrected chi connectivity index (χ2v) is 8.06. The van der Waals surface area contributed by atoms with E-state index in [1.54, 1.807) is 30.3 Å². The third-order valence-corrected chi connectivity index (χ3v) is 5.73. The summed E-state index contributed by atoms with van der Waals surface area (Å²) >= 11 is 0. The van der Waals surface area contributed by atoms with Crippen LogP contribution >= 0.6 is 0 Å². The van der Waals surface area contributed by atoms with Gasteiger partial charge in [0.05, 0.1) is 22.9 Å². The molecule has 0 spiro atoms. The third kappa shape index (κ3) is 5.73. The number of carbonyl (C=O) groups is 1. The lowest BCUT2D eigenvalue weighted by atomic mass is 10.0. The molecule has 1 aliphatic heterocycles. The van der Waals surface area contributed by atoms with Gasteiger partial charge in [0.1, 0.15) is 11.6 Å². The number of nitriles is 1. The lowest BCUT2D eigenvalue weighted by Crippen LogP contribution is -2.37. The monoisotopic (exact) mass is 443 g/mol. The predicted octanol–water partition coefficient (Wildman–Crippen LogP) is 3.90. The van der Waals surface area contributed by atoms with Crippen LogP contribution in [0.3, 0.4) is 0 Å². The van der Waals surface area contributed by atoms with E-state index in [-0.39, 0.29) is 17.8 Å². The Labute approximate surface area is 192 Å². The minimum atomic E-state index is -0.277. The zero-order valence-corrected chi connectivity index (χ0v) is 18.3. The van der Waals surface area contributed by atoms with E-state index in [1.807, 2.05) is 18.2 Å². The maximum Gasteiger partial charge on any atom is 0.255 e. The van der Waals surface area contributed by atoms with Crippen LogP contribution in [0.15, 0.2) is 60.7 Å². The third-order valence-electron chi connectivity index (χ3n) is 5.73. The molecule has 2 heterocycles. The molecule has 1 amide bonds. The SMILES string of the molecule is N#Cc1ccccc1-c1ccc(C(=O)NC[C@@H]2CCCN2)c(NCCc2cccc(F)c2)n1. The summed E-state index contributed by atoms with van der Waals surface area (Å²) in [6.45, 7) is 2.01. The minimum absolute atomic E-state index is 0.204. The molecule has 0 saturated carbocycles. The smallest absolute Gasteiger partial charge is 0.255 e. The number of nitrogens with one attached hydrogen (secondary N) is 3. The summed E-state index contributed by atoms with van der Waals surface area (Å²) in [6.07, 6.45) is 2.73. The van der Waals surface area contributed by atoms with Crippen LogP contribution in [0.1, 0.15) is 34.3 Å². The van der Waals surface area contributed by atoms with Crippen molar-refractivity contribution in [3.05, 3.63) is 83.2 Å². The van der Waals surface area contributed by atoms with Gasteiger partial charge in [-0.1, -0.05) is 30.3 Å². The molecule has 0 unspecified atom stereocenters. The van der Waals surface area contributed by atoms with Crippen LogP contribution in [-0.2, 0) is 6.42 Å². The molecule has 3 N–H and O–H groups in total. The Bertz CT molecular complexity index is 1170. The Morgan fingerprint density at radius 2 is 2.06 bits per heavy atom. The Morgan fingerprint density at radius 3 is 2.85 bits per heavy atom. The standard InChI is InChI=1S/C26H26FN5O/c27-20-7-3-5-18(15-20)12-14-30-25-23(26(33)31-17-21-8-4-13-29-21)10-11-24(32-25)22-9-2-1-6-19(22)16-28/h1-3,5-7,9-11,15,21,29H,4,8,12-14,17H2,(H,30,32)(H,31,33)/t21-/m0/s1. The number of hydrogen-bond donors (Lipinski definition) is 3. The molecule has 0 radical (unpaired) electrons. The number of nitrogens with zero attached hydrogens (tertiary/aromatic N) is 2. The van der Waals surface area contributed by atoms with E-state index in [0.29, 0.717) is 47.7 Å². The number of benzene rings is 2. The van der Waals surface area contributed by atoms with Crippen LogP contribution in [0.25, 0.3) is 11.3 Å². The van der Waals surface area contributed by atoms with E-state index < -0.39 is 0 Å². The van der Waals surface area contributed by atoms with Crippen LogP contribution < -0.4 is 16.0 Å². The van der Waals surface area contributed by atoms with Crippen LogP contribution in [0, 0.1) is 17.1 Å². The Balaban J connectivity index is 1.56. The average Bonchev–Trinajstić information content (AvgIpc) is 3.36. The molecule has 1 aromatic heterocycles. The van der Waals surface area contributed by atoms with Crippen molar-refractivity contribution in [1.29, 1.82) is 5.26 Å². The van der Waals surface area contributed by atoms with Gasteiger partial charge in [-0.05, 0) is 61.7 Å². The molecule has 1 saturated heterocycles. The van der Waals surface area contributed by atoms with Crippen LogP contribution in [-0.4, -0.2) is 36.6 Å². The molecule has 0 aliphatic carbocycles. The van der Waals surface area contributed by atoms with Gasteiger partial charge in [0.2, 0.25) is 0 Å². The summed E-state index contributed by atoms with van der Waals surface area (Å²) in [5, 5.41) is 19.1. The predicted molar refractivity (Wildman–Crippen MR) is 126 cm³/mol. The summed E-state index contributed by atoms with van der Waals surface area (Å²) in [7, 11) is 0. The van der Waals surface area contributed by atoms with Crippen molar-refractivity contribution in [1.82, 2.24) is 15.6 Å². The van der Waals surface area contributed by atoms with Gasteiger partial charge in [-0.15, -0.1) is 0 Å². The molecule has 2 aromatic carbocycles. The van der Waals surface area contributed by atoms with Gasteiger partial charge in [-0.3, -0.25) is 4.79 Å². The first-order valence-corrected chi connectivity index (χ1v) is 11.1. The second-order valence-electron chi connectivity index (χ2n) is 8.06. The molecule has 1 aliphatic rings. The zero-order valence-electron chi connectivity index (χ0n) is 18.3. The van der Waals surface area contributed by atoms with Gasteiger partial charge in [0.15, 0.2) is 0 Å². The van der Waals surface area contributed by atoms with Crippen molar-refractivity contribution in [2.75, 3.05) is 25.0 Å². The highest BCUT2D eigenvalue weighted by molar-refractivity contribution is 5.99. The number of carbonyl (C=O) groups excluding carboxylic acids is 1. The van der Waals surface area contributed by atoms with Gasteiger partial charge >= 0.3 is 0 Å². The number of amides is 1. The lowest BCUT2D eigenvalue weighted by Gasteiger charge is -2.15. The number of pyridine rings is 1. The fourth-order valence-corrected chi connectivity index (χ4v) is 3.99. The summed E-state index contributed by atoms with van der Waals surface area (Å²) in [4.78, 5) is 17.6. The first kappa shape index (κ1) is 22.4. The van der Waals surface area contributed by atoms with Crippen molar-refractivity contribution in [2.24, 2.45) is 0 Å². The largest absolute Gasteiger partial charge is 0.369 e. The fraction of sp³-hybridized carbons (Fsp3) is 0.269. The second kappa shape index (κ2) is 10.7. The van der Waals surface area contributed by atoms with E-state index >= 15 is 0 Å². The first-order chi connectivity index (χ1) is 16.1. The molecule has 0 bridgehead atoms. The number of anilines is 1. The Kier molecular flexibility index (Phi) is 7.28. The maximum atomic E-state index is 13.5. The number of hydrogen-bond acceptors (Lipinski definition) is 5. The highest BCUT2D eigenvalue weighted by Gasteiger charge is 2.19. The molecule has 33 heavy (non-hydrogen) atoms. The number of rotatable bonds is 8. The molecule has 7 heteroatoms. The van der Waals surface area contributed by atoms with Gasteiger partial charge in [0, 0.05) is 24.7 Å². The normalized spacial score (nSPS) is 15.1. The lowest BCUT2D eigenvalue weighted by molar-refractivity contribution is 0.0951. The molecule has 168 valence electrons. The summed E-state index contributed by atoms with van der Waals surface area (Å²) in [5.41, 5.74) is 3.11. The Morgan fingerprint density at radius 1 is 1.18 bits per heavy atom. The van der Waals surface area contributed by atoms with Gasteiger partial charge in [-0.25, -0.2) is 9.37 Å². The van der Waals surface area contributed by atoms with Crippen molar-refractivity contribution in [3.63, 3.8) is 0 Å². The summed E-state index contributed by atoms with van der Waals surface area (Å²) in [6, 6.07) is 19.7. The van der Waals surface area contributed by atoms with Crippen LogP contribution in [0.2, 0.25) is 0 Å². The number of aromatic nitrogens is 1. The highest BCUT2D eigenvalue weighted by Crippen LogP contribution is 2.25. The fourth-order valence-electron chi connectivity index (χ4n) is 3.99. The van der Waals surface area contributed by atoms with Crippen molar-refractivity contribution in [2.45, 2.75) is 25.3 Å². The van der Waals surface area contributed by atoms with E-state index in [1.165, 1.54) is 12.1 Å². The Hall–Kier alpha value is -3.76. The molecule has 6 nitrogen and oxygen atoms in total. The summed E-state index contributed by atoms with van der Waals surface area (Å²) < 4.78 is 13.5. The quantitative estimate of drug-likeness (QED) is 0.491. The van der Waals surface area contributed by atoms with E-state index in [2.05, 4.69) is 27.0 Å². The first-order valence-electron chi connectivity index (χ1n) is 11.1. The van der Waals surface area contributed by atoms with Crippen LogP contribution in [0.4, 0.5) is 10.2 Å².